The second-order valence-corrected chi connectivity index (χ2v) is 4.39. The van der Waals surface area contributed by atoms with Crippen LogP contribution in [0.3, 0.4) is 0 Å². The molecule has 1 aromatic rings. The molecule has 0 saturated heterocycles. The van der Waals surface area contributed by atoms with Gasteiger partial charge in [-0.1, -0.05) is 12.1 Å². The Hall–Kier alpha value is -1.00. The van der Waals surface area contributed by atoms with Crippen LogP contribution >= 0.6 is 0 Å². The number of hydrogen-bond acceptors (Lipinski definition) is 2. The number of aliphatic hydroxyl groups is 1. The van der Waals surface area contributed by atoms with E-state index in [1.165, 1.54) is 12.1 Å². The van der Waals surface area contributed by atoms with E-state index in [4.69, 9.17) is 0 Å². The summed E-state index contributed by atoms with van der Waals surface area (Å²) in [4.78, 5) is 0. The largest absolute Gasteiger partial charge is 0.394 e. The van der Waals surface area contributed by atoms with Crippen molar-refractivity contribution in [2.24, 2.45) is 0 Å². The van der Waals surface area contributed by atoms with Crippen molar-refractivity contribution >= 4 is 0 Å². The van der Waals surface area contributed by atoms with Crippen molar-refractivity contribution in [2.45, 2.75) is 32.4 Å². The fraction of sp³-hybridized carbons (Fsp3) is 0.500. The molecule has 2 N–H and O–H groups in total. The van der Waals surface area contributed by atoms with Gasteiger partial charge in [0.15, 0.2) is 11.6 Å². The van der Waals surface area contributed by atoms with E-state index < -0.39 is 17.2 Å². The molecule has 0 radical (unpaired) electrons. The predicted octanol–water partition coefficient (Wildman–Crippen LogP) is 2.17. The zero-order valence-electron chi connectivity index (χ0n) is 9.72. The van der Waals surface area contributed by atoms with Gasteiger partial charge >= 0.3 is 0 Å². The maximum absolute atomic E-state index is 13.6. The molecule has 0 fully saturated rings. The molecule has 0 amide bonds. The number of rotatable bonds is 4. The molecule has 0 aliphatic rings. The third kappa shape index (κ3) is 2.57. The van der Waals surface area contributed by atoms with Crippen molar-refractivity contribution in [3.05, 3.63) is 35.4 Å². The highest BCUT2D eigenvalue weighted by molar-refractivity contribution is 5.27. The molecule has 1 atom stereocenters. The first-order valence-electron chi connectivity index (χ1n) is 5.24. The van der Waals surface area contributed by atoms with Crippen molar-refractivity contribution < 1.29 is 13.9 Å². The van der Waals surface area contributed by atoms with E-state index in [9.17, 15) is 13.9 Å². The molecular formula is C12H17F2NO. The molecule has 2 nitrogen and oxygen atoms in total. The van der Waals surface area contributed by atoms with Gasteiger partial charge in [0.1, 0.15) is 0 Å². The fourth-order valence-electron chi connectivity index (χ4n) is 1.78. The molecule has 1 aromatic carbocycles. The highest BCUT2D eigenvalue weighted by Gasteiger charge is 2.30. The van der Waals surface area contributed by atoms with Crippen LogP contribution in [0.4, 0.5) is 8.78 Å². The minimum atomic E-state index is -0.972. The predicted molar refractivity (Wildman–Crippen MR) is 59.1 cm³/mol. The summed E-state index contributed by atoms with van der Waals surface area (Å²) in [5.74, 6) is -1.81. The van der Waals surface area contributed by atoms with Crippen molar-refractivity contribution in [2.75, 3.05) is 6.61 Å². The highest BCUT2D eigenvalue weighted by atomic mass is 19.2. The Morgan fingerprint density at radius 3 is 2.50 bits per heavy atom. The second kappa shape index (κ2) is 4.89. The molecule has 0 heterocycles. The summed E-state index contributed by atoms with van der Waals surface area (Å²) in [7, 11) is 0. The van der Waals surface area contributed by atoms with Gasteiger partial charge in [-0.25, -0.2) is 8.78 Å². The highest BCUT2D eigenvalue weighted by Crippen LogP contribution is 2.25. The van der Waals surface area contributed by atoms with Crippen LogP contribution in [0.15, 0.2) is 18.2 Å². The minimum absolute atomic E-state index is 0.0554. The van der Waals surface area contributed by atoms with Crippen molar-refractivity contribution in [3.8, 4) is 0 Å². The number of benzene rings is 1. The molecule has 0 saturated carbocycles. The maximum Gasteiger partial charge on any atom is 0.163 e. The molecule has 16 heavy (non-hydrogen) atoms. The summed E-state index contributed by atoms with van der Waals surface area (Å²) in [6.45, 7) is 5.10. The zero-order chi connectivity index (χ0) is 12.3. The van der Waals surface area contributed by atoms with Crippen LogP contribution < -0.4 is 5.32 Å². The lowest BCUT2D eigenvalue weighted by atomic mass is 9.91. The molecule has 0 aromatic heterocycles. The van der Waals surface area contributed by atoms with Gasteiger partial charge in [-0.15, -0.1) is 0 Å². The first-order chi connectivity index (χ1) is 7.40. The van der Waals surface area contributed by atoms with Crippen molar-refractivity contribution in [1.82, 2.24) is 5.32 Å². The fourth-order valence-corrected chi connectivity index (χ4v) is 1.78. The topological polar surface area (TPSA) is 32.3 Å². The SMILES string of the molecule is CC(C)NC(C)(CO)c1cccc(F)c1F. The Kier molecular flexibility index (Phi) is 3.99. The van der Waals surface area contributed by atoms with Crippen LogP contribution in [-0.2, 0) is 5.54 Å². The summed E-state index contributed by atoms with van der Waals surface area (Å²) < 4.78 is 26.7. The summed E-state index contributed by atoms with van der Waals surface area (Å²) >= 11 is 0. The quantitative estimate of drug-likeness (QED) is 0.829. The molecule has 1 unspecified atom stereocenters. The van der Waals surface area contributed by atoms with Gasteiger partial charge in [0.25, 0.3) is 0 Å². The third-order valence-electron chi connectivity index (χ3n) is 2.47. The Morgan fingerprint density at radius 2 is 2.00 bits per heavy atom. The lowest BCUT2D eigenvalue weighted by Gasteiger charge is -2.32. The summed E-state index contributed by atoms with van der Waals surface area (Å²) in [6.07, 6.45) is 0. The zero-order valence-corrected chi connectivity index (χ0v) is 9.72. The maximum atomic E-state index is 13.6. The van der Waals surface area contributed by atoms with Gasteiger partial charge < -0.3 is 10.4 Å². The molecular weight excluding hydrogens is 212 g/mol. The van der Waals surface area contributed by atoms with Gasteiger partial charge in [-0.2, -0.15) is 0 Å². The molecule has 0 aliphatic carbocycles. The molecule has 0 bridgehead atoms. The molecule has 90 valence electrons. The van der Waals surface area contributed by atoms with Crippen molar-refractivity contribution in [1.29, 1.82) is 0 Å². The Morgan fingerprint density at radius 1 is 1.38 bits per heavy atom. The number of nitrogens with one attached hydrogen (secondary N) is 1. The van der Waals surface area contributed by atoms with Crippen molar-refractivity contribution in [3.63, 3.8) is 0 Å². The van der Waals surface area contributed by atoms with E-state index in [0.29, 0.717) is 0 Å². The Labute approximate surface area is 94.3 Å². The van der Waals surface area contributed by atoms with Crippen LogP contribution in [0.2, 0.25) is 0 Å². The van der Waals surface area contributed by atoms with Gasteiger partial charge in [-0.3, -0.25) is 0 Å². The first kappa shape index (κ1) is 13.1. The van der Waals surface area contributed by atoms with Gasteiger partial charge in [0, 0.05) is 11.6 Å². The lowest BCUT2D eigenvalue weighted by Crippen LogP contribution is -2.47. The normalized spacial score (nSPS) is 15.2. The van der Waals surface area contributed by atoms with E-state index in [1.807, 2.05) is 13.8 Å². The lowest BCUT2D eigenvalue weighted by molar-refractivity contribution is 0.161. The Balaban J connectivity index is 3.17. The smallest absolute Gasteiger partial charge is 0.163 e. The molecule has 0 aliphatic heterocycles. The minimum Gasteiger partial charge on any atom is -0.394 e. The summed E-state index contributed by atoms with van der Waals surface area (Å²) in [5, 5.41) is 12.4. The van der Waals surface area contributed by atoms with Crippen LogP contribution in [0.5, 0.6) is 0 Å². The van der Waals surface area contributed by atoms with E-state index in [-0.39, 0.29) is 18.2 Å². The molecule has 0 spiro atoms. The van der Waals surface area contributed by atoms with Crippen LogP contribution in [0.25, 0.3) is 0 Å². The monoisotopic (exact) mass is 229 g/mol. The van der Waals surface area contributed by atoms with Crippen LogP contribution in [0.1, 0.15) is 26.3 Å². The van der Waals surface area contributed by atoms with Crippen LogP contribution in [-0.4, -0.2) is 17.8 Å². The molecule has 4 heteroatoms. The van der Waals surface area contributed by atoms with Gasteiger partial charge in [0.05, 0.1) is 12.1 Å². The van der Waals surface area contributed by atoms with E-state index in [0.717, 1.165) is 6.07 Å². The average Bonchev–Trinajstić information content (AvgIpc) is 2.21. The average molecular weight is 229 g/mol. The second-order valence-electron chi connectivity index (χ2n) is 4.39. The van der Waals surface area contributed by atoms with Gasteiger partial charge in [-0.05, 0) is 26.8 Å². The van der Waals surface area contributed by atoms with Crippen LogP contribution in [0, 0.1) is 11.6 Å². The first-order valence-corrected chi connectivity index (χ1v) is 5.24. The molecule has 1 rings (SSSR count). The standard InChI is InChI=1S/C12H17F2NO/c1-8(2)15-12(3,7-16)9-5-4-6-10(13)11(9)14/h4-6,8,15-16H,7H2,1-3H3. The van der Waals surface area contributed by atoms with E-state index in [1.54, 1.807) is 6.92 Å². The Bertz CT molecular complexity index is 368. The third-order valence-corrected chi connectivity index (χ3v) is 2.47. The summed E-state index contributed by atoms with van der Waals surface area (Å²) in [6, 6.07) is 4.03. The van der Waals surface area contributed by atoms with E-state index in [2.05, 4.69) is 5.32 Å². The number of aliphatic hydroxyl groups excluding tert-OH is 1. The summed E-state index contributed by atoms with van der Waals surface area (Å²) in [5.41, 5.74) is -0.830. The number of halogens is 2. The van der Waals surface area contributed by atoms with E-state index >= 15 is 0 Å². The number of hydrogen-bond donors (Lipinski definition) is 2. The van der Waals surface area contributed by atoms with Gasteiger partial charge in [0.2, 0.25) is 0 Å².